The van der Waals surface area contributed by atoms with Crippen LogP contribution in [0, 0.1) is 0 Å². The lowest BCUT2D eigenvalue weighted by atomic mass is 10.3. The Bertz CT molecular complexity index is 328. The third-order valence-electron chi connectivity index (χ3n) is 2.33. The Kier molecular flexibility index (Phi) is 5.92. The summed E-state index contributed by atoms with van der Waals surface area (Å²) in [4.78, 5) is 0. The molecule has 0 aliphatic carbocycles. The molecular weight excluding hydrogens is 234 g/mol. The van der Waals surface area contributed by atoms with Gasteiger partial charge in [-0.15, -0.1) is 6.58 Å². The molecule has 0 bridgehead atoms. The molecule has 0 radical (unpaired) electrons. The van der Waals surface area contributed by atoms with Crippen molar-refractivity contribution in [3.05, 3.63) is 43.0 Å². The highest BCUT2D eigenvalue weighted by Crippen LogP contribution is 2.11. The van der Waals surface area contributed by atoms with Crippen molar-refractivity contribution >= 4 is 14.5 Å². The molecule has 0 saturated heterocycles. The summed E-state index contributed by atoms with van der Waals surface area (Å²) < 4.78 is 16.4. The van der Waals surface area contributed by atoms with Gasteiger partial charge in [-0.2, -0.15) is 0 Å². The zero-order chi connectivity index (χ0) is 12.6. The van der Waals surface area contributed by atoms with Crippen molar-refractivity contribution in [3.8, 4) is 0 Å². The molecule has 0 aliphatic heterocycles. The van der Waals surface area contributed by atoms with Gasteiger partial charge < -0.3 is 18.6 Å². The lowest BCUT2D eigenvalue weighted by Gasteiger charge is -2.26. The molecule has 1 rings (SSSR count). The molecule has 0 heterocycles. The largest absolute Gasteiger partial charge is 0.520 e. The molecule has 0 spiro atoms. The van der Waals surface area contributed by atoms with Gasteiger partial charge in [0.2, 0.25) is 0 Å². The summed E-state index contributed by atoms with van der Waals surface area (Å²) in [6.45, 7) is 4.04. The van der Waals surface area contributed by atoms with Crippen LogP contribution >= 0.6 is 0 Å². The SMILES string of the molecule is C=CCO[Si](CNc1ccccc1)(OC)OC. The molecule has 0 unspecified atom stereocenters. The minimum absolute atomic E-state index is 0.421. The summed E-state index contributed by atoms with van der Waals surface area (Å²) in [6.07, 6.45) is 2.21. The van der Waals surface area contributed by atoms with E-state index in [4.69, 9.17) is 13.3 Å². The number of hydrogen-bond donors (Lipinski definition) is 1. The smallest absolute Gasteiger partial charge is 0.381 e. The maximum atomic E-state index is 5.61. The molecule has 1 aromatic rings. The van der Waals surface area contributed by atoms with Gasteiger partial charge in [-0.1, -0.05) is 24.3 Å². The molecule has 0 amide bonds. The van der Waals surface area contributed by atoms with Gasteiger partial charge in [-0.3, -0.25) is 0 Å². The van der Waals surface area contributed by atoms with Crippen LogP contribution in [0.5, 0.6) is 0 Å². The van der Waals surface area contributed by atoms with Crippen LogP contribution in [0.4, 0.5) is 5.69 Å². The second-order valence-corrected chi connectivity index (χ2v) is 6.24. The lowest BCUT2D eigenvalue weighted by molar-refractivity contribution is 0.113. The summed E-state index contributed by atoms with van der Waals surface area (Å²) in [6, 6.07) is 9.87. The van der Waals surface area contributed by atoms with Gasteiger partial charge in [-0.25, -0.2) is 0 Å². The van der Waals surface area contributed by atoms with Crippen LogP contribution in [0.1, 0.15) is 0 Å². The molecule has 17 heavy (non-hydrogen) atoms. The fraction of sp³-hybridized carbons (Fsp3) is 0.333. The van der Waals surface area contributed by atoms with E-state index in [0.717, 1.165) is 5.69 Å². The molecule has 0 aromatic heterocycles. The number of nitrogens with one attached hydrogen (secondary N) is 1. The molecule has 0 fully saturated rings. The Morgan fingerprint density at radius 3 is 2.41 bits per heavy atom. The Hall–Kier alpha value is -1.14. The predicted octanol–water partition coefficient (Wildman–Crippen LogP) is 2.07. The van der Waals surface area contributed by atoms with Gasteiger partial charge in [0, 0.05) is 19.9 Å². The molecule has 0 atom stereocenters. The molecule has 4 nitrogen and oxygen atoms in total. The molecular formula is C12H19NO3Si. The number of hydrogen-bond acceptors (Lipinski definition) is 4. The standard InChI is InChI=1S/C12H19NO3Si/c1-4-10-16-17(14-2,15-3)11-13-12-8-6-5-7-9-12/h4-9,13H,1,10-11H2,2-3H3. The van der Waals surface area contributed by atoms with E-state index < -0.39 is 8.80 Å². The maximum absolute atomic E-state index is 5.61. The quantitative estimate of drug-likeness (QED) is 0.569. The van der Waals surface area contributed by atoms with E-state index in [1.54, 1.807) is 20.3 Å². The van der Waals surface area contributed by atoms with Crippen molar-refractivity contribution in [2.75, 3.05) is 32.3 Å². The Morgan fingerprint density at radius 1 is 1.24 bits per heavy atom. The average molecular weight is 253 g/mol. The minimum atomic E-state index is -2.63. The van der Waals surface area contributed by atoms with E-state index in [0.29, 0.717) is 12.8 Å². The fourth-order valence-electron chi connectivity index (χ4n) is 1.35. The zero-order valence-corrected chi connectivity index (χ0v) is 11.3. The molecule has 0 saturated carbocycles. The van der Waals surface area contributed by atoms with Gasteiger partial charge in [0.05, 0.1) is 12.8 Å². The summed E-state index contributed by atoms with van der Waals surface area (Å²) in [5.74, 6) is 0. The van der Waals surface area contributed by atoms with Gasteiger partial charge >= 0.3 is 8.80 Å². The van der Waals surface area contributed by atoms with E-state index in [2.05, 4.69) is 11.9 Å². The van der Waals surface area contributed by atoms with Crippen LogP contribution in [-0.4, -0.2) is 35.8 Å². The minimum Gasteiger partial charge on any atom is -0.381 e. The molecule has 1 N–H and O–H groups in total. The highest BCUT2D eigenvalue weighted by atomic mass is 28.4. The van der Waals surface area contributed by atoms with Crippen molar-refractivity contribution in [1.82, 2.24) is 0 Å². The Labute approximate surface area is 104 Å². The predicted molar refractivity (Wildman–Crippen MR) is 70.9 cm³/mol. The highest BCUT2D eigenvalue weighted by Gasteiger charge is 2.38. The van der Waals surface area contributed by atoms with Crippen LogP contribution in [0.15, 0.2) is 43.0 Å². The third kappa shape index (κ3) is 4.31. The van der Waals surface area contributed by atoms with E-state index in [-0.39, 0.29) is 0 Å². The molecule has 1 aromatic carbocycles. The van der Waals surface area contributed by atoms with E-state index in [9.17, 15) is 0 Å². The topological polar surface area (TPSA) is 39.7 Å². The van der Waals surface area contributed by atoms with Crippen molar-refractivity contribution < 1.29 is 13.3 Å². The monoisotopic (exact) mass is 253 g/mol. The first-order chi connectivity index (χ1) is 8.26. The number of benzene rings is 1. The molecule has 94 valence electrons. The zero-order valence-electron chi connectivity index (χ0n) is 10.3. The van der Waals surface area contributed by atoms with Crippen LogP contribution in [-0.2, 0) is 13.3 Å². The van der Waals surface area contributed by atoms with Gasteiger partial charge in [0.1, 0.15) is 0 Å². The summed E-state index contributed by atoms with van der Waals surface area (Å²) in [5, 5.41) is 3.25. The number of anilines is 1. The van der Waals surface area contributed by atoms with Crippen LogP contribution in [0.2, 0.25) is 0 Å². The van der Waals surface area contributed by atoms with E-state index in [1.807, 2.05) is 30.3 Å². The van der Waals surface area contributed by atoms with Gasteiger partial charge in [0.25, 0.3) is 0 Å². The van der Waals surface area contributed by atoms with Crippen molar-refractivity contribution in [3.63, 3.8) is 0 Å². The first-order valence-electron chi connectivity index (χ1n) is 5.40. The van der Waals surface area contributed by atoms with Crippen LogP contribution < -0.4 is 5.32 Å². The second kappa shape index (κ2) is 7.23. The van der Waals surface area contributed by atoms with Gasteiger partial charge in [0.15, 0.2) is 0 Å². The number of rotatable bonds is 8. The maximum Gasteiger partial charge on any atom is 0.520 e. The third-order valence-corrected chi connectivity index (χ3v) is 4.79. The summed E-state index contributed by atoms with van der Waals surface area (Å²) in [5.41, 5.74) is 1.01. The Morgan fingerprint density at radius 2 is 1.88 bits per heavy atom. The second-order valence-electron chi connectivity index (χ2n) is 3.41. The summed E-state index contributed by atoms with van der Waals surface area (Å²) in [7, 11) is 0.576. The van der Waals surface area contributed by atoms with E-state index in [1.165, 1.54) is 0 Å². The van der Waals surface area contributed by atoms with Crippen LogP contribution in [0.25, 0.3) is 0 Å². The van der Waals surface area contributed by atoms with E-state index >= 15 is 0 Å². The molecule has 0 aliphatic rings. The van der Waals surface area contributed by atoms with Crippen LogP contribution in [0.3, 0.4) is 0 Å². The van der Waals surface area contributed by atoms with Crippen molar-refractivity contribution in [2.45, 2.75) is 0 Å². The van der Waals surface area contributed by atoms with Crippen molar-refractivity contribution in [2.24, 2.45) is 0 Å². The summed E-state index contributed by atoms with van der Waals surface area (Å²) >= 11 is 0. The lowest BCUT2D eigenvalue weighted by Crippen LogP contribution is -2.50. The van der Waals surface area contributed by atoms with Gasteiger partial charge in [-0.05, 0) is 12.1 Å². The normalized spacial score (nSPS) is 11.2. The fourth-order valence-corrected chi connectivity index (χ4v) is 2.93. The Balaban J connectivity index is 2.57. The number of para-hydroxylation sites is 1. The first kappa shape index (κ1) is 13.9. The van der Waals surface area contributed by atoms with Crippen molar-refractivity contribution in [1.29, 1.82) is 0 Å². The molecule has 5 heteroatoms. The highest BCUT2D eigenvalue weighted by molar-refractivity contribution is 6.61. The average Bonchev–Trinajstić information content (AvgIpc) is 2.41. The first-order valence-corrected chi connectivity index (χ1v) is 7.33.